The van der Waals surface area contributed by atoms with E-state index in [1.165, 1.54) is 49.6 Å². The van der Waals surface area contributed by atoms with Crippen molar-refractivity contribution in [1.29, 1.82) is 0 Å². The van der Waals surface area contributed by atoms with E-state index in [1.54, 1.807) is 4.90 Å². The van der Waals surface area contributed by atoms with Crippen LogP contribution < -0.4 is 14.8 Å². The Balaban J connectivity index is 1.57. The minimum atomic E-state index is -3.02. The Morgan fingerprint density at radius 3 is 2.33 bits per heavy atom. The number of methoxy groups -OCH3 is 1. The molecule has 0 atom stereocenters. The third-order valence-electron chi connectivity index (χ3n) is 4.89. The molecule has 2 aromatic carbocycles. The van der Waals surface area contributed by atoms with E-state index in [9.17, 15) is 22.8 Å². The molecular formula is C21H21F3N2O4. The summed E-state index contributed by atoms with van der Waals surface area (Å²) in [7, 11) is 1.33. The number of nitrogens with one attached hydrogen (secondary N) is 1. The van der Waals surface area contributed by atoms with Crippen LogP contribution in [0.25, 0.3) is 0 Å². The fourth-order valence-corrected chi connectivity index (χ4v) is 3.31. The van der Waals surface area contributed by atoms with Crippen LogP contribution in [0.3, 0.4) is 0 Å². The highest BCUT2D eigenvalue weighted by Crippen LogP contribution is 2.32. The number of ether oxygens (including phenoxy) is 2. The van der Waals surface area contributed by atoms with Crippen LogP contribution in [0.2, 0.25) is 0 Å². The second-order valence-electron chi connectivity index (χ2n) is 6.81. The van der Waals surface area contributed by atoms with Crippen LogP contribution in [-0.2, 0) is 4.79 Å². The van der Waals surface area contributed by atoms with Crippen LogP contribution in [0.1, 0.15) is 23.2 Å². The summed E-state index contributed by atoms with van der Waals surface area (Å²) in [5.74, 6) is -1.27. The van der Waals surface area contributed by atoms with Crippen molar-refractivity contribution in [3.8, 4) is 11.5 Å². The van der Waals surface area contributed by atoms with Gasteiger partial charge in [0, 0.05) is 36.3 Å². The number of amides is 2. The molecule has 0 unspecified atom stereocenters. The zero-order chi connectivity index (χ0) is 21.7. The van der Waals surface area contributed by atoms with E-state index in [4.69, 9.17) is 4.74 Å². The predicted octanol–water partition coefficient (Wildman–Crippen LogP) is 3.93. The predicted molar refractivity (Wildman–Crippen MR) is 103 cm³/mol. The van der Waals surface area contributed by atoms with Crippen LogP contribution in [0.15, 0.2) is 42.5 Å². The molecule has 30 heavy (non-hydrogen) atoms. The summed E-state index contributed by atoms with van der Waals surface area (Å²) < 4.78 is 47.5. The molecule has 1 saturated heterocycles. The number of nitrogens with zero attached hydrogens (tertiary/aromatic N) is 1. The van der Waals surface area contributed by atoms with E-state index in [1.807, 2.05) is 0 Å². The first-order valence-corrected chi connectivity index (χ1v) is 9.36. The Morgan fingerprint density at radius 2 is 1.73 bits per heavy atom. The number of likely N-dealkylation sites (tertiary alicyclic amines) is 1. The monoisotopic (exact) mass is 422 g/mol. The third kappa shape index (κ3) is 5.22. The first kappa shape index (κ1) is 21.5. The largest absolute Gasteiger partial charge is 0.493 e. The van der Waals surface area contributed by atoms with Gasteiger partial charge in [0.2, 0.25) is 5.91 Å². The summed E-state index contributed by atoms with van der Waals surface area (Å²) in [4.78, 5) is 26.7. The van der Waals surface area contributed by atoms with E-state index in [0.29, 0.717) is 37.2 Å². The lowest BCUT2D eigenvalue weighted by atomic mass is 9.95. The molecule has 0 spiro atoms. The van der Waals surface area contributed by atoms with E-state index in [0.717, 1.165) is 0 Å². The lowest BCUT2D eigenvalue weighted by Crippen LogP contribution is -2.41. The van der Waals surface area contributed by atoms with Crippen molar-refractivity contribution < 1.29 is 32.2 Å². The van der Waals surface area contributed by atoms with Crippen molar-refractivity contribution in [1.82, 2.24) is 4.90 Å². The molecule has 1 aliphatic heterocycles. The van der Waals surface area contributed by atoms with Crippen LogP contribution in [0.5, 0.6) is 11.5 Å². The average Bonchev–Trinajstić information content (AvgIpc) is 2.74. The lowest BCUT2D eigenvalue weighted by Gasteiger charge is -2.31. The number of hydrogen-bond acceptors (Lipinski definition) is 4. The molecule has 1 fully saturated rings. The highest BCUT2D eigenvalue weighted by molar-refractivity contribution is 5.95. The van der Waals surface area contributed by atoms with Crippen molar-refractivity contribution in [3.63, 3.8) is 0 Å². The Bertz CT molecular complexity index is 898. The standard InChI is InChI=1S/C21H21F3N2O4/c1-29-17-7-6-16(12-18(17)30-21(23)24)25-19(27)13-8-10-26(11-9-13)20(28)14-2-4-15(22)5-3-14/h2-7,12-13,21H,8-11H2,1H3,(H,25,27). The second-order valence-corrected chi connectivity index (χ2v) is 6.81. The fourth-order valence-electron chi connectivity index (χ4n) is 3.31. The molecule has 0 aromatic heterocycles. The zero-order valence-electron chi connectivity index (χ0n) is 16.2. The molecule has 0 radical (unpaired) electrons. The Morgan fingerprint density at radius 1 is 1.07 bits per heavy atom. The molecule has 0 saturated carbocycles. The molecule has 0 bridgehead atoms. The molecule has 2 amide bonds. The average molecular weight is 422 g/mol. The number of rotatable bonds is 6. The molecule has 1 N–H and O–H groups in total. The normalized spacial score (nSPS) is 14.5. The topological polar surface area (TPSA) is 67.9 Å². The lowest BCUT2D eigenvalue weighted by molar-refractivity contribution is -0.121. The number of halogens is 3. The van der Waals surface area contributed by atoms with Crippen molar-refractivity contribution in [2.75, 3.05) is 25.5 Å². The van der Waals surface area contributed by atoms with Crippen molar-refractivity contribution >= 4 is 17.5 Å². The van der Waals surface area contributed by atoms with Crippen LogP contribution in [-0.4, -0.2) is 43.5 Å². The number of hydrogen-bond donors (Lipinski definition) is 1. The maximum absolute atomic E-state index is 13.0. The Hall–Kier alpha value is -3.23. The van der Waals surface area contributed by atoms with Crippen molar-refractivity contribution in [3.05, 3.63) is 53.8 Å². The molecular weight excluding hydrogens is 401 g/mol. The van der Waals surface area contributed by atoms with Crippen molar-refractivity contribution in [2.24, 2.45) is 5.92 Å². The third-order valence-corrected chi connectivity index (χ3v) is 4.89. The van der Waals surface area contributed by atoms with Gasteiger partial charge in [-0.3, -0.25) is 9.59 Å². The zero-order valence-corrected chi connectivity index (χ0v) is 16.2. The minimum absolute atomic E-state index is 0.126. The number of piperidine rings is 1. The molecule has 6 nitrogen and oxygen atoms in total. The smallest absolute Gasteiger partial charge is 0.387 e. The Labute approximate surface area is 171 Å². The maximum atomic E-state index is 13.0. The molecule has 1 aliphatic rings. The van der Waals surface area contributed by atoms with Crippen LogP contribution in [0, 0.1) is 11.7 Å². The summed E-state index contributed by atoms with van der Waals surface area (Å²) >= 11 is 0. The van der Waals surface area contributed by atoms with Gasteiger partial charge in [0.25, 0.3) is 5.91 Å². The fraction of sp³-hybridized carbons (Fsp3) is 0.333. The molecule has 9 heteroatoms. The number of alkyl halides is 2. The van der Waals surface area contributed by atoms with Gasteiger partial charge in [0.1, 0.15) is 5.82 Å². The van der Waals surface area contributed by atoms with E-state index in [2.05, 4.69) is 10.1 Å². The van der Waals surface area contributed by atoms with Gasteiger partial charge in [-0.15, -0.1) is 0 Å². The number of anilines is 1. The maximum Gasteiger partial charge on any atom is 0.387 e. The highest BCUT2D eigenvalue weighted by atomic mass is 19.3. The molecule has 160 valence electrons. The van der Waals surface area contributed by atoms with Gasteiger partial charge < -0.3 is 19.7 Å². The van der Waals surface area contributed by atoms with E-state index in [-0.39, 0.29) is 29.2 Å². The van der Waals surface area contributed by atoms with Gasteiger partial charge in [0.15, 0.2) is 11.5 Å². The number of benzene rings is 2. The first-order valence-electron chi connectivity index (χ1n) is 9.36. The quantitative estimate of drug-likeness (QED) is 0.766. The van der Waals surface area contributed by atoms with E-state index >= 15 is 0 Å². The number of carbonyl (C=O) groups is 2. The van der Waals surface area contributed by atoms with Gasteiger partial charge in [-0.25, -0.2) is 4.39 Å². The molecule has 1 heterocycles. The molecule has 0 aliphatic carbocycles. The summed E-state index contributed by atoms with van der Waals surface area (Å²) in [5.41, 5.74) is 0.699. The summed E-state index contributed by atoms with van der Waals surface area (Å²) in [6.07, 6.45) is 0.907. The second kappa shape index (κ2) is 9.51. The molecule has 2 aromatic rings. The summed E-state index contributed by atoms with van der Waals surface area (Å²) in [6, 6.07) is 9.55. The van der Waals surface area contributed by atoms with Gasteiger partial charge in [-0.1, -0.05) is 0 Å². The molecule has 3 rings (SSSR count). The van der Waals surface area contributed by atoms with E-state index < -0.39 is 12.4 Å². The summed E-state index contributed by atoms with van der Waals surface area (Å²) in [6.45, 7) is -2.25. The van der Waals surface area contributed by atoms with Gasteiger partial charge in [-0.2, -0.15) is 8.78 Å². The first-order chi connectivity index (χ1) is 14.4. The van der Waals surface area contributed by atoms with Gasteiger partial charge in [0.05, 0.1) is 7.11 Å². The number of carbonyl (C=O) groups excluding carboxylic acids is 2. The highest BCUT2D eigenvalue weighted by Gasteiger charge is 2.28. The van der Waals surface area contributed by atoms with Gasteiger partial charge >= 0.3 is 6.61 Å². The minimum Gasteiger partial charge on any atom is -0.493 e. The van der Waals surface area contributed by atoms with Crippen LogP contribution in [0.4, 0.5) is 18.9 Å². The van der Waals surface area contributed by atoms with Gasteiger partial charge in [-0.05, 0) is 49.2 Å². The van der Waals surface area contributed by atoms with Crippen LogP contribution >= 0.6 is 0 Å². The summed E-state index contributed by atoms with van der Waals surface area (Å²) in [5, 5.41) is 2.69. The SMILES string of the molecule is COc1ccc(NC(=O)C2CCN(C(=O)c3ccc(F)cc3)CC2)cc1OC(F)F. The Kier molecular flexibility index (Phi) is 6.81. The van der Waals surface area contributed by atoms with Crippen molar-refractivity contribution in [2.45, 2.75) is 19.5 Å².